The third-order valence-electron chi connectivity index (χ3n) is 3.49. The molecule has 0 aliphatic rings. The lowest BCUT2D eigenvalue weighted by atomic mass is 10.0. The van der Waals surface area contributed by atoms with E-state index in [9.17, 15) is 8.42 Å². The summed E-state index contributed by atoms with van der Waals surface area (Å²) in [6.45, 7) is 4.91. The maximum absolute atomic E-state index is 12.6. The van der Waals surface area contributed by atoms with Crippen LogP contribution in [0.5, 0.6) is 5.75 Å². The number of nitrogens with one attached hydrogen (secondary N) is 1. The van der Waals surface area contributed by atoms with Crippen LogP contribution in [0, 0.1) is 5.92 Å². The summed E-state index contributed by atoms with van der Waals surface area (Å²) in [5.74, 6) is 0.764. The first-order valence-corrected chi connectivity index (χ1v) is 10.1. The molecule has 1 aromatic heterocycles. The van der Waals surface area contributed by atoms with Gasteiger partial charge in [0.2, 0.25) is 10.0 Å². The molecule has 0 aliphatic heterocycles. The molecule has 0 fully saturated rings. The van der Waals surface area contributed by atoms with Crippen molar-refractivity contribution in [3.63, 3.8) is 0 Å². The predicted octanol–water partition coefficient (Wildman–Crippen LogP) is 3.45. The lowest BCUT2D eigenvalue weighted by molar-refractivity contribution is 0.146. The van der Waals surface area contributed by atoms with Gasteiger partial charge in [0.1, 0.15) is 12.4 Å². The molecule has 0 radical (unpaired) electrons. The molecule has 24 heavy (non-hydrogen) atoms. The van der Waals surface area contributed by atoms with Gasteiger partial charge >= 0.3 is 0 Å². The lowest BCUT2D eigenvalue weighted by Gasteiger charge is -2.21. The summed E-state index contributed by atoms with van der Waals surface area (Å²) in [4.78, 5) is 1.23. The molecule has 2 rings (SSSR count). The zero-order chi connectivity index (χ0) is 17.6. The van der Waals surface area contributed by atoms with E-state index < -0.39 is 10.0 Å². The molecular formula is C17H23NO4S2. The molecular weight excluding hydrogens is 346 g/mol. The van der Waals surface area contributed by atoms with Crippen LogP contribution in [0.25, 0.3) is 0 Å². The van der Waals surface area contributed by atoms with Crippen molar-refractivity contribution in [2.24, 2.45) is 5.92 Å². The molecule has 1 aromatic carbocycles. The number of benzene rings is 1. The molecule has 1 atom stereocenters. The van der Waals surface area contributed by atoms with Crippen molar-refractivity contribution < 1.29 is 17.9 Å². The third-order valence-corrected chi connectivity index (χ3v) is 5.90. The van der Waals surface area contributed by atoms with Crippen LogP contribution in [0.2, 0.25) is 0 Å². The molecule has 0 bridgehead atoms. The van der Waals surface area contributed by atoms with Crippen LogP contribution in [-0.4, -0.2) is 28.7 Å². The second kappa shape index (κ2) is 8.62. The molecule has 0 amide bonds. The van der Waals surface area contributed by atoms with Gasteiger partial charge in [-0.2, -0.15) is 0 Å². The van der Waals surface area contributed by atoms with E-state index in [1.54, 1.807) is 42.7 Å². The van der Waals surface area contributed by atoms with Crippen LogP contribution in [-0.2, 0) is 14.8 Å². The summed E-state index contributed by atoms with van der Waals surface area (Å²) in [6, 6.07) is 10.0. The van der Waals surface area contributed by atoms with Crippen LogP contribution < -0.4 is 9.46 Å². The molecule has 7 heteroatoms. The standard InChI is InChI=1S/C17H23NO4S2/c1-13(2)17(16-5-4-12-23-16)18-24(19,20)15-8-6-14(7-9-15)22-11-10-21-3/h4-9,12-13,17-18H,10-11H2,1-3H3. The molecule has 2 aromatic rings. The Hall–Kier alpha value is -1.41. The maximum Gasteiger partial charge on any atom is 0.241 e. The Balaban J connectivity index is 2.11. The summed E-state index contributed by atoms with van der Waals surface area (Å²) in [5, 5.41) is 1.95. The highest BCUT2D eigenvalue weighted by atomic mass is 32.2. The van der Waals surface area contributed by atoms with Crippen molar-refractivity contribution in [3.05, 3.63) is 46.7 Å². The number of hydrogen-bond donors (Lipinski definition) is 1. The van der Waals surface area contributed by atoms with Gasteiger partial charge < -0.3 is 9.47 Å². The SMILES string of the molecule is COCCOc1ccc(S(=O)(=O)NC(c2cccs2)C(C)C)cc1. The van der Waals surface area contributed by atoms with E-state index in [4.69, 9.17) is 9.47 Å². The van der Waals surface area contributed by atoms with Crippen molar-refractivity contribution in [1.29, 1.82) is 0 Å². The molecule has 132 valence electrons. The summed E-state index contributed by atoms with van der Waals surface area (Å²) >= 11 is 1.55. The van der Waals surface area contributed by atoms with Crippen LogP contribution >= 0.6 is 11.3 Å². The zero-order valence-electron chi connectivity index (χ0n) is 14.1. The molecule has 0 aliphatic carbocycles. The third kappa shape index (κ3) is 5.04. The highest BCUT2D eigenvalue weighted by molar-refractivity contribution is 7.89. The van der Waals surface area contributed by atoms with Crippen LogP contribution in [0.1, 0.15) is 24.8 Å². The molecule has 1 heterocycles. The number of hydrogen-bond acceptors (Lipinski definition) is 5. The Morgan fingerprint density at radius 3 is 2.38 bits per heavy atom. The number of thiophene rings is 1. The van der Waals surface area contributed by atoms with Crippen molar-refractivity contribution in [2.45, 2.75) is 24.8 Å². The molecule has 0 saturated heterocycles. The van der Waals surface area contributed by atoms with E-state index in [1.165, 1.54) is 0 Å². The first kappa shape index (κ1) is 18.9. The topological polar surface area (TPSA) is 64.6 Å². The Kier molecular flexibility index (Phi) is 6.79. The van der Waals surface area contributed by atoms with Crippen molar-refractivity contribution in [2.75, 3.05) is 20.3 Å². The number of ether oxygens (including phenoxy) is 2. The monoisotopic (exact) mass is 369 g/mol. The number of sulfonamides is 1. The Labute approximate surface area is 147 Å². The fourth-order valence-corrected chi connectivity index (χ4v) is 4.57. The summed E-state index contributed by atoms with van der Waals surface area (Å²) < 4.78 is 38.5. The van der Waals surface area contributed by atoms with Gasteiger partial charge in [-0.1, -0.05) is 19.9 Å². The highest BCUT2D eigenvalue weighted by Crippen LogP contribution is 2.28. The maximum atomic E-state index is 12.6. The van der Waals surface area contributed by atoms with E-state index in [1.807, 2.05) is 31.4 Å². The fraction of sp³-hybridized carbons (Fsp3) is 0.412. The molecule has 0 saturated carbocycles. The lowest BCUT2D eigenvalue weighted by Crippen LogP contribution is -2.31. The van der Waals surface area contributed by atoms with Gasteiger partial charge in [-0.05, 0) is 41.6 Å². The molecule has 0 spiro atoms. The molecule has 5 nitrogen and oxygen atoms in total. The van der Waals surface area contributed by atoms with Gasteiger partial charge in [-0.15, -0.1) is 11.3 Å². The fourth-order valence-electron chi connectivity index (χ4n) is 2.18. The van der Waals surface area contributed by atoms with Crippen LogP contribution in [0.15, 0.2) is 46.7 Å². The zero-order valence-corrected chi connectivity index (χ0v) is 15.7. The predicted molar refractivity (Wildman–Crippen MR) is 96.0 cm³/mol. The van der Waals surface area contributed by atoms with Crippen molar-refractivity contribution >= 4 is 21.4 Å². The smallest absolute Gasteiger partial charge is 0.241 e. The minimum atomic E-state index is -3.60. The minimum Gasteiger partial charge on any atom is -0.491 e. The van der Waals surface area contributed by atoms with E-state index in [0.717, 1.165) is 4.88 Å². The highest BCUT2D eigenvalue weighted by Gasteiger charge is 2.24. The Morgan fingerprint density at radius 2 is 1.83 bits per heavy atom. The minimum absolute atomic E-state index is 0.148. The number of methoxy groups -OCH3 is 1. The Morgan fingerprint density at radius 1 is 1.12 bits per heavy atom. The summed E-state index contributed by atoms with van der Waals surface area (Å²) in [5.41, 5.74) is 0. The first-order chi connectivity index (χ1) is 11.4. The summed E-state index contributed by atoms with van der Waals surface area (Å²) in [7, 11) is -2.00. The van der Waals surface area contributed by atoms with Gasteiger partial charge in [0.15, 0.2) is 0 Å². The largest absolute Gasteiger partial charge is 0.491 e. The second-order valence-corrected chi connectivity index (χ2v) is 8.36. The van der Waals surface area contributed by atoms with Gasteiger partial charge in [-0.25, -0.2) is 13.1 Å². The van der Waals surface area contributed by atoms with E-state index in [0.29, 0.717) is 19.0 Å². The van der Waals surface area contributed by atoms with Gasteiger partial charge in [-0.3, -0.25) is 0 Å². The van der Waals surface area contributed by atoms with E-state index >= 15 is 0 Å². The molecule has 1 N–H and O–H groups in total. The van der Waals surface area contributed by atoms with Crippen LogP contribution in [0.3, 0.4) is 0 Å². The van der Waals surface area contributed by atoms with Crippen molar-refractivity contribution in [3.8, 4) is 5.75 Å². The Bertz CT molecular complexity index is 710. The van der Waals surface area contributed by atoms with Crippen molar-refractivity contribution in [1.82, 2.24) is 4.72 Å². The van der Waals surface area contributed by atoms with Gasteiger partial charge in [0.05, 0.1) is 17.5 Å². The van der Waals surface area contributed by atoms with Crippen LogP contribution in [0.4, 0.5) is 0 Å². The van der Waals surface area contributed by atoms with E-state index in [-0.39, 0.29) is 16.9 Å². The quantitative estimate of drug-likeness (QED) is 0.688. The second-order valence-electron chi connectivity index (χ2n) is 5.67. The average molecular weight is 370 g/mol. The van der Waals surface area contributed by atoms with Gasteiger partial charge in [0.25, 0.3) is 0 Å². The first-order valence-electron chi connectivity index (χ1n) is 7.71. The van der Waals surface area contributed by atoms with Gasteiger partial charge in [0, 0.05) is 12.0 Å². The summed E-state index contributed by atoms with van der Waals surface area (Å²) in [6.07, 6.45) is 0. The average Bonchev–Trinajstić information content (AvgIpc) is 3.07. The normalized spacial score (nSPS) is 13.2. The molecule has 1 unspecified atom stereocenters. The number of rotatable bonds is 9. The van der Waals surface area contributed by atoms with E-state index in [2.05, 4.69) is 4.72 Å².